The summed E-state index contributed by atoms with van der Waals surface area (Å²) < 4.78 is 0. The summed E-state index contributed by atoms with van der Waals surface area (Å²) in [5.41, 5.74) is 7.13. The summed E-state index contributed by atoms with van der Waals surface area (Å²) in [7, 11) is 0. The molecule has 0 saturated heterocycles. The van der Waals surface area contributed by atoms with Gasteiger partial charge in [-0.05, 0) is 101 Å². The number of nitrogens with one attached hydrogen (secondary N) is 2. The molecule has 9 heteroatoms. The molecule has 2 N–H and O–H groups in total. The largest absolute Gasteiger partial charge is 0.321 e. The lowest BCUT2D eigenvalue weighted by molar-refractivity contribution is 0.102. The van der Waals surface area contributed by atoms with Crippen molar-refractivity contribution in [2.75, 3.05) is 10.6 Å². The van der Waals surface area contributed by atoms with Gasteiger partial charge in [0.1, 0.15) is 0 Å². The molecule has 0 unspecified atom stereocenters. The van der Waals surface area contributed by atoms with E-state index in [4.69, 9.17) is 34.8 Å². The van der Waals surface area contributed by atoms with Crippen molar-refractivity contribution in [3.05, 3.63) is 150 Å². The van der Waals surface area contributed by atoms with Crippen molar-refractivity contribution in [2.24, 2.45) is 0 Å². The average Bonchev–Trinajstić information content (AvgIpc) is 3.65. The Labute approximate surface area is 285 Å². The van der Waals surface area contributed by atoms with Gasteiger partial charge in [0.05, 0.1) is 9.75 Å². The van der Waals surface area contributed by atoms with Crippen LogP contribution in [-0.4, -0.2) is 11.8 Å². The molecule has 0 bridgehead atoms. The molecule has 45 heavy (non-hydrogen) atoms. The van der Waals surface area contributed by atoms with E-state index in [-0.39, 0.29) is 11.8 Å². The van der Waals surface area contributed by atoms with Crippen molar-refractivity contribution < 1.29 is 9.59 Å². The Hall–Kier alpha value is -3.91. The summed E-state index contributed by atoms with van der Waals surface area (Å²) >= 11 is 21.1. The van der Waals surface area contributed by atoms with Crippen LogP contribution in [0.4, 0.5) is 11.4 Å². The number of anilines is 2. The number of hydrogen-bond donors (Lipinski definition) is 2. The summed E-state index contributed by atoms with van der Waals surface area (Å²) in [6.07, 6.45) is 0. The van der Waals surface area contributed by atoms with Gasteiger partial charge < -0.3 is 10.6 Å². The average molecular weight is 690 g/mol. The zero-order valence-corrected chi connectivity index (χ0v) is 28.1. The predicted molar refractivity (Wildman–Crippen MR) is 193 cm³/mol. The van der Waals surface area contributed by atoms with Crippen molar-refractivity contribution in [3.63, 3.8) is 0 Å². The minimum absolute atomic E-state index is 0.0815. The van der Waals surface area contributed by atoms with Gasteiger partial charge in [-0.2, -0.15) is 0 Å². The smallest absolute Gasteiger partial charge is 0.266 e. The lowest BCUT2D eigenvalue weighted by Crippen LogP contribution is -2.12. The molecule has 4 aromatic carbocycles. The number of para-hydroxylation sites is 2. The molecule has 2 aromatic heterocycles. The highest BCUT2D eigenvalue weighted by Crippen LogP contribution is 2.33. The summed E-state index contributed by atoms with van der Waals surface area (Å²) in [6, 6.07) is 32.1. The number of carbonyl (C=O) groups is 2. The normalized spacial score (nSPS) is 10.5. The van der Waals surface area contributed by atoms with Crippen molar-refractivity contribution >= 4 is 80.7 Å². The van der Waals surface area contributed by atoms with E-state index in [0.29, 0.717) is 19.9 Å². The zero-order chi connectivity index (χ0) is 31.9. The van der Waals surface area contributed by atoms with Crippen molar-refractivity contribution in [2.45, 2.75) is 13.8 Å². The fourth-order valence-corrected chi connectivity index (χ4v) is 6.98. The van der Waals surface area contributed by atoms with Crippen molar-refractivity contribution in [1.29, 1.82) is 0 Å². The van der Waals surface area contributed by atoms with Crippen molar-refractivity contribution in [1.82, 2.24) is 0 Å². The Morgan fingerprint density at radius 3 is 1.47 bits per heavy atom. The Morgan fingerprint density at radius 2 is 1.00 bits per heavy atom. The molecule has 6 aromatic rings. The number of aryl methyl sites for hydroxylation is 2. The van der Waals surface area contributed by atoms with Crippen LogP contribution < -0.4 is 10.6 Å². The molecular weight excluding hydrogens is 663 g/mol. The summed E-state index contributed by atoms with van der Waals surface area (Å²) in [6.45, 7) is 3.86. The van der Waals surface area contributed by atoms with Crippen LogP contribution in [0.3, 0.4) is 0 Å². The second-order valence-corrected chi connectivity index (χ2v) is 13.2. The maximum atomic E-state index is 12.5. The third-order valence-corrected chi connectivity index (χ3v) is 9.50. The number of halogens is 3. The van der Waals surface area contributed by atoms with E-state index in [9.17, 15) is 9.59 Å². The van der Waals surface area contributed by atoms with Crippen LogP contribution in [0.25, 0.3) is 22.3 Å². The topological polar surface area (TPSA) is 58.2 Å². The molecule has 0 saturated carbocycles. The van der Waals surface area contributed by atoms with Crippen LogP contribution in [0.15, 0.2) is 114 Å². The van der Waals surface area contributed by atoms with Gasteiger partial charge in [-0.3, -0.25) is 9.59 Å². The fourth-order valence-electron chi connectivity index (χ4n) is 4.62. The van der Waals surface area contributed by atoms with E-state index >= 15 is 0 Å². The van der Waals surface area contributed by atoms with Crippen LogP contribution >= 0.6 is 57.5 Å². The molecule has 2 amide bonds. The third kappa shape index (κ3) is 8.23. The quantitative estimate of drug-likeness (QED) is 0.183. The van der Waals surface area contributed by atoms with Gasteiger partial charge in [-0.1, -0.05) is 83.3 Å². The molecule has 226 valence electrons. The first-order chi connectivity index (χ1) is 21.7. The number of amides is 2. The highest BCUT2D eigenvalue weighted by Gasteiger charge is 2.15. The van der Waals surface area contributed by atoms with Crippen LogP contribution in [0.5, 0.6) is 0 Å². The van der Waals surface area contributed by atoms with Crippen LogP contribution in [-0.2, 0) is 0 Å². The molecule has 0 aliphatic rings. The third-order valence-electron chi connectivity index (χ3n) is 6.80. The minimum atomic E-state index is -0.113. The first-order valence-electron chi connectivity index (χ1n) is 13.8. The second-order valence-electron chi connectivity index (χ2n) is 10.0. The predicted octanol–water partition coefficient (Wildman–Crippen LogP) is 11.9. The van der Waals surface area contributed by atoms with Gasteiger partial charge in [-0.25, -0.2) is 0 Å². The second kappa shape index (κ2) is 14.9. The van der Waals surface area contributed by atoms with Gasteiger partial charge >= 0.3 is 0 Å². The van der Waals surface area contributed by atoms with Crippen LogP contribution in [0.2, 0.25) is 15.1 Å². The van der Waals surface area contributed by atoms with Crippen molar-refractivity contribution in [3.8, 4) is 22.3 Å². The Bertz CT molecular complexity index is 1960. The lowest BCUT2D eigenvalue weighted by Gasteiger charge is -2.12. The molecule has 0 spiro atoms. The lowest BCUT2D eigenvalue weighted by atomic mass is 10.0. The van der Waals surface area contributed by atoms with Gasteiger partial charge in [0.2, 0.25) is 0 Å². The fraction of sp³-hybridized carbons (Fsp3) is 0.0556. The van der Waals surface area contributed by atoms with E-state index in [1.54, 1.807) is 6.07 Å². The first-order valence-corrected chi connectivity index (χ1v) is 16.7. The molecule has 0 aliphatic carbocycles. The zero-order valence-electron chi connectivity index (χ0n) is 24.2. The molecule has 2 heterocycles. The Morgan fingerprint density at radius 1 is 0.533 bits per heavy atom. The molecule has 6 rings (SSSR count). The molecule has 0 atom stereocenters. The van der Waals surface area contributed by atoms with Gasteiger partial charge in [0.25, 0.3) is 11.8 Å². The van der Waals surface area contributed by atoms with E-state index in [2.05, 4.69) is 10.6 Å². The van der Waals surface area contributed by atoms with Gasteiger partial charge in [0, 0.05) is 37.6 Å². The van der Waals surface area contributed by atoms with Crippen LogP contribution in [0, 0.1) is 13.8 Å². The van der Waals surface area contributed by atoms with Crippen LogP contribution in [0.1, 0.15) is 30.5 Å². The number of hydrogen-bond acceptors (Lipinski definition) is 4. The molecular formula is C36H27Cl3N2O2S2. The highest BCUT2D eigenvalue weighted by atomic mass is 35.5. The SMILES string of the molecule is Cc1ccsc1C(=O)Nc1ccccc1-c1cc(Cl)cc(Cl)c1.Cc1ccsc1C(=O)Nc1ccccc1-c1cccc(Cl)c1. The summed E-state index contributed by atoms with van der Waals surface area (Å²) in [5.74, 6) is -0.194. The maximum absolute atomic E-state index is 12.5. The highest BCUT2D eigenvalue weighted by molar-refractivity contribution is 7.12. The van der Waals surface area contributed by atoms with E-state index in [1.807, 2.05) is 122 Å². The molecule has 0 fully saturated rings. The summed E-state index contributed by atoms with van der Waals surface area (Å²) in [4.78, 5) is 26.3. The molecule has 4 nitrogen and oxygen atoms in total. The number of thiophene rings is 2. The number of benzene rings is 4. The standard InChI is InChI=1S/C18H13Cl2NOS.C18H14ClNOS/c1-11-6-7-23-17(11)18(22)21-16-5-3-2-4-15(16)12-8-13(19)10-14(20)9-12;1-12-9-10-22-17(12)18(21)20-16-8-3-2-7-15(16)13-5-4-6-14(19)11-13/h2-10H,1H3,(H,21,22);2-11H,1H3,(H,20,21). The van der Waals surface area contributed by atoms with Gasteiger partial charge in [0.15, 0.2) is 0 Å². The maximum Gasteiger partial charge on any atom is 0.266 e. The molecule has 0 aliphatic heterocycles. The summed E-state index contributed by atoms with van der Waals surface area (Å²) in [5, 5.41) is 11.6. The van der Waals surface area contributed by atoms with E-state index < -0.39 is 0 Å². The number of carbonyl (C=O) groups excluding carboxylic acids is 2. The minimum Gasteiger partial charge on any atom is -0.321 e. The first kappa shape index (κ1) is 32.5. The molecule has 0 radical (unpaired) electrons. The number of rotatable bonds is 6. The van der Waals surface area contributed by atoms with E-state index in [0.717, 1.165) is 49.6 Å². The monoisotopic (exact) mass is 688 g/mol. The van der Waals surface area contributed by atoms with E-state index in [1.165, 1.54) is 22.7 Å². The van der Waals surface area contributed by atoms with Gasteiger partial charge in [-0.15, -0.1) is 22.7 Å². The Balaban J connectivity index is 0.000000178. The Kier molecular flexibility index (Phi) is 10.8.